The van der Waals surface area contributed by atoms with Gasteiger partial charge in [-0.3, -0.25) is 14.8 Å². The van der Waals surface area contributed by atoms with E-state index in [0.29, 0.717) is 46.7 Å². The average molecular weight is 720 g/mol. The summed E-state index contributed by atoms with van der Waals surface area (Å²) in [5, 5.41) is 2.09. The molecule has 0 N–H and O–H groups in total. The van der Waals surface area contributed by atoms with E-state index in [1.165, 1.54) is 0 Å². The van der Waals surface area contributed by atoms with E-state index >= 15 is 4.39 Å². The van der Waals surface area contributed by atoms with Gasteiger partial charge in [0.25, 0.3) is 0 Å². The molecule has 5 aliphatic heterocycles. The largest absolute Gasteiger partial charge is 0.472 e. The Balaban J connectivity index is 1.20. The predicted octanol–water partition coefficient (Wildman–Crippen LogP) is 6.73. The SMILES string of the molecule is CC1Oc2nc(-c3cncc4cccc(Cl)c34)c(F)c3nc(OC[C@@]45CCCN4C[C@H](F)C5)nc(c23)N2C[C@H]3CC[C@@H](C12)N3C(=O)OC(C)(C)C. The zero-order chi connectivity index (χ0) is 35.4. The molecule has 5 aliphatic rings. The number of hydrogen-bond acceptors (Lipinski definition) is 10. The first-order valence-corrected chi connectivity index (χ1v) is 18.2. The van der Waals surface area contributed by atoms with Gasteiger partial charge in [0.05, 0.1) is 23.7 Å². The van der Waals surface area contributed by atoms with Crippen molar-refractivity contribution in [3.8, 4) is 23.1 Å². The molecule has 2 unspecified atom stereocenters. The molecule has 0 radical (unpaired) electrons. The van der Waals surface area contributed by atoms with Crippen molar-refractivity contribution in [2.24, 2.45) is 0 Å². The maximum Gasteiger partial charge on any atom is 0.410 e. The third-order valence-corrected chi connectivity index (χ3v) is 11.6. The van der Waals surface area contributed by atoms with Crippen LogP contribution >= 0.6 is 11.6 Å². The van der Waals surface area contributed by atoms with Crippen molar-refractivity contribution in [3.63, 3.8) is 0 Å². The second-order valence-corrected chi connectivity index (χ2v) is 16.1. The zero-order valence-corrected chi connectivity index (χ0v) is 29.8. The summed E-state index contributed by atoms with van der Waals surface area (Å²) in [4.78, 5) is 38.6. The van der Waals surface area contributed by atoms with Gasteiger partial charge in [-0.15, -0.1) is 0 Å². The van der Waals surface area contributed by atoms with Crippen molar-refractivity contribution in [2.75, 3.05) is 31.1 Å². The summed E-state index contributed by atoms with van der Waals surface area (Å²) in [5.74, 6) is -0.0835. The highest BCUT2D eigenvalue weighted by molar-refractivity contribution is 6.36. The normalized spacial score (nSPS) is 28.5. The van der Waals surface area contributed by atoms with Gasteiger partial charge in [-0.2, -0.15) is 9.97 Å². The summed E-state index contributed by atoms with van der Waals surface area (Å²) >= 11 is 6.69. The first-order chi connectivity index (χ1) is 24.4. The van der Waals surface area contributed by atoms with E-state index in [1.807, 2.05) is 44.7 Å². The van der Waals surface area contributed by atoms with Gasteiger partial charge in [-0.1, -0.05) is 23.7 Å². The molecular weight excluding hydrogens is 680 g/mol. The minimum atomic E-state index is -0.929. The van der Waals surface area contributed by atoms with Gasteiger partial charge >= 0.3 is 12.1 Å². The van der Waals surface area contributed by atoms with Crippen molar-refractivity contribution in [2.45, 2.75) is 101 Å². The summed E-state index contributed by atoms with van der Waals surface area (Å²) in [6.07, 6.45) is 5.07. The zero-order valence-electron chi connectivity index (χ0n) is 29.0. The number of benzene rings is 1. The molecule has 0 saturated carbocycles. The number of halogens is 3. The third-order valence-electron chi connectivity index (χ3n) is 11.3. The number of pyridine rings is 2. The number of ether oxygens (including phenoxy) is 3. The molecule has 0 aliphatic carbocycles. The Morgan fingerprint density at radius 3 is 2.80 bits per heavy atom. The highest BCUT2D eigenvalue weighted by Crippen LogP contribution is 2.48. The van der Waals surface area contributed by atoms with Gasteiger partial charge < -0.3 is 19.1 Å². The Labute approximate surface area is 299 Å². The number of nitrogens with zero attached hydrogens (tertiary/aromatic N) is 7. The molecule has 2 bridgehead atoms. The van der Waals surface area contributed by atoms with Gasteiger partial charge in [-0.05, 0) is 66.0 Å². The Hall–Kier alpha value is -4.10. The van der Waals surface area contributed by atoms with Gasteiger partial charge in [0, 0.05) is 53.3 Å². The number of fused-ring (bicyclic) bond motifs is 7. The highest BCUT2D eigenvalue weighted by atomic mass is 35.5. The van der Waals surface area contributed by atoms with Gasteiger partial charge in [0.15, 0.2) is 5.82 Å². The minimum absolute atomic E-state index is 0.00710. The van der Waals surface area contributed by atoms with E-state index < -0.39 is 29.2 Å². The lowest BCUT2D eigenvalue weighted by Gasteiger charge is -2.48. The summed E-state index contributed by atoms with van der Waals surface area (Å²) in [6.45, 7) is 9.30. The molecule has 11 nitrogen and oxygen atoms in total. The Kier molecular flexibility index (Phi) is 7.53. The number of piperazine rings is 1. The van der Waals surface area contributed by atoms with E-state index in [1.54, 1.807) is 18.5 Å². The van der Waals surface area contributed by atoms with E-state index in [2.05, 4.69) is 14.8 Å². The van der Waals surface area contributed by atoms with Crippen LogP contribution in [0, 0.1) is 5.82 Å². The lowest BCUT2D eigenvalue weighted by atomic mass is 9.95. The Morgan fingerprint density at radius 1 is 1.14 bits per heavy atom. The molecule has 9 rings (SSSR count). The summed E-state index contributed by atoms with van der Waals surface area (Å²) < 4.78 is 50.8. The van der Waals surface area contributed by atoms with Crippen molar-refractivity contribution in [1.82, 2.24) is 29.7 Å². The van der Waals surface area contributed by atoms with Crippen molar-refractivity contribution < 1.29 is 27.8 Å². The lowest BCUT2D eigenvalue weighted by Crippen LogP contribution is -2.65. The number of rotatable bonds is 4. The highest BCUT2D eigenvalue weighted by Gasteiger charge is 2.54. The number of aromatic nitrogens is 4. The van der Waals surface area contributed by atoms with Crippen LogP contribution in [0.25, 0.3) is 32.9 Å². The topological polar surface area (TPSA) is 106 Å². The second kappa shape index (κ2) is 11.7. The van der Waals surface area contributed by atoms with E-state index in [4.69, 9.17) is 40.8 Å². The molecule has 268 valence electrons. The fourth-order valence-electron chi connectivity index (χ4n) is 9.28. The molecule has 3 aromatic heterocycles. The van der Waals surface area contributed by atoms with Gasteiger partial charge in [0.1, 0.15) is 46.9 Å². The van der Waals surface area contributed by atoms with Crippen LogP contribution in [-0.4, -0.2) is 104 Å². The Morgan fingerprint density at radius 2 is 1.98 bits per heavy atom. The van der Waals surface area contributed by atoms with Crippen molar-refractivity contribution >= 4 is 45.2 Å². The smallest absolute Gasteiger partial charge is 0.410 e. The van der Waals surface area contributed by atoms with Crippen LogP contribution in [0.1, 0.15) is 59.8 Å². The average Bonchev–Trinajstić information content (AvgIpc) is 3.69. The maximum absolute atomic E-state index is 17.2. The van der Waals surface area contributed by atoms with Crippen LogP contribution < -0.4 is 14.4 Å². The molecule has 4 fully saturated rings. The van der Waals surface area contributed by atoms with Crippen LogP contribution in [0.15, 0.2) is 30.6 Å². The quantitative estimate of drug-likeness (QED) is 0.226. The molecule has 1 aromatic carbocycles. The molecule has 4 saturated heterocycles. The number of carbonyl (C=O) groups excluding carboxylic acids is 1. The number of amides is 1. The molecule has 1 amide bonds. The number of anilines is 1. The molecule has 8 heterocycles. The number of alkyl halides is 1. The van der Waals surface area contributed by atoms with E-state index in [9.17, 15) is 9.18 Å². The second-order valence-electron chi connectivity index (χ2n) is 15.7. The fourth-order valence-corrected chi connectivity index (χ4v) is 9.56. The summed E-state index contributed by atoms with van der Waals surface area (Å²) in [7, 11) is 0. The first kappa shape index (κ1) is 32.8. The molecule has 6 atom stereocenters. The van der Waals surface area contributed by atoms with Crippen LogP contribution in [0.3, 0.4) is 0 Å². The minimum Gasteiger partial charge on any atom is -0.472 e. The van der Waals surface area contributed by atoms with Crippen molar-refractivity contribution in [1.29, 1.82) is 0 Å². The molecule has 4 aromatic rings. The van der Waals surface area contributed by atoms with Crippen LogP contribution in [0.4, 0.5) is 19.4 Å². The standard InChI is InChI=1S/C37H40ClF2N7O4/c1-19-31-25-10-9-22(47(25)35(48)51-36(2,3)4)17-46(31)32-27-30(43-34(44-32)49-18-37-11-6-12-45(37)16-21(39)13-37)28(40)29(42-33(27)50-19)23-15-41-14-20-7-5-8-24(38)26(20)23/h5,7-8,14-15,19,21-22,25,31H,6,9-13,16-18H2,1-4H3/t19?,21-,22-,25+,31?,37+/m1/s1. The molecule has 51 heavy (non-hydrogen) atoms. The van der Waals surface area contributed by atoms with Gasteiger partial charge in [-0.25, -0.2) is 18.6 Å². The monoisotopic (exact) mass is 719 g/mol. The van der Waals surface area contributed by atoms with Gasteiger partial charge in [0.2, 0.25) is 5.88 Å². The van der Waals surface area contributed by atoms with Crippen LogP contribution in [0.2, 0.25) is 5.02 Å². The summed E-state index contributed by atoms with van der Waals surface area (Å²) in [6, 6.07) is 4.63. The first-order valence-electron chi connectivity index (χ1n) is 17.8. The maximum atomic E-state index is 17.2. The van der Waals surface area contributed by atoms with E-state index in [-0.39, 0.29) is 53.9 Å². The molecule has 14 heteroatoms. The summed E-state index contributed by atoms with van der Waals surface area (Å²) in [5.41, 5.74) is -0.745. The molecule has 0 spiro atoms. The van der Waals surface area contributed by atoms with E-state index in [0.717, 1.165) is 37.6 Å². The van der Waals surface area contributed by atoms with Crippen molar-refractivity contribution in [3.05, 3.63) is 41.4 Å². The predicted molar refractivity (Wildman–Crippen MR) is 188 cm³/mol. The lowest BCUT2D eigenvalue weighted by molar-refractivity contribution is 0.000938. The van der Waals surface area contributed by atoms with Crippen LogP contribution in [-0.2, 0) is 4.74 Å². The number of carbonyl (C=O) groups is 1. The third kappa shape index (κ3) is 5.24. The van der Waals surface area contributed by atoms with Crippen LogP contribution in [0.5, 0.6) is 11.9 Å². The number of hydrogen-bond donors (Lipinski definition) is 0. The Bertz CT molecular complexity index is 2080. The fraction of sp³-hybridized carbons (Fsp3) is 0.541. The molecular formula is C37H40ClF2N7O4.